The maximum absolute atomic E-state index is 12.7. The van der Waals surface area contributed by atoms with E-state index in [1.807, 2.05) is 0 Å². The van der Waals surface area contributed by atoms with Crippen molar-refractivity contribution in [3.63, 3.8) is 0 Å². The van der Waals surface area contributed by atoms with Gasteiger partial charge in [0.25, 0.3) is 5.69 Å². The summed E-state index contributed by atoms with van der Waals surface area (Å²) in [6.45, 7) is 9.09. The molecule has 0 aliphatic carbocycles. The van der Waals surface area contributed by atoms with Crippen molar-refractivity contribution >= 4 is 17.2 Å². The fourth-order valence-electron chi connectivity index (χ4n) is 4.50. The summed E-state index contributed by atoms with van der Waals surface area (Å²) < 4.78 is 1.62. The largest absolute Gasteiger partial charge is 0.364 e. The molecule has 0 amide bonds. The molecular weight excluding hydrogens is 384 g/mol. The molecule has 0 spiro atoms. The highest BCUT2D eigenvalue weighted by atomic mass is 16.6. The number of piperazine rings is 1. The monoisotopic (exact) mass is 412 g/mol. The van der Waals surface area contributed by atoms with Crippen molar-refractivity contribution in [1.82, 2.24) is 19.4 Å². The lowest BCUT2D eigenvalue weighted by Gasteiger charge is -2.37. The first-order valence-corrected chi connectivity index (χ1v) is 10.5. The molecule has 2 saturated heterocycles. The van der Waals surface area contributed by atoms with Gasteiger partial charge >= 0.3 is 0 Å². The molecule has 1 unspecified atom stereocenters. The molecule has 2 fully saturated rings. The lowest BCUT2D eigenvalue weighted by molar-refractivity contribution is -0.384. The number of rotatable bonds is 6. The maximum Gasteiger partial charge on any atom is 0.293 e. The third-order valence-corrected chi connectivity index (χ3v) is 6.33. The van der Waals surface area contributed by atoms with Crippen LogP contribution in [0.4, 0.5) is 11.4 Å². The van der Waals surface area contributed by atoms with Gasteiger partial charge in [-0.25, -0.2) is 4.98 Å². The third kappa shape index (κ3) is 3.95. The van der Waals surface area contributed by atoms with Crippen molar-refractivity contribution in [2.75, 3.05) is 50.7 Å². The number of aryl methyl sites for hydroxylation is 1. The Morgan fingerprint density at radius 2 is 2.00 bits per heavy atom. The van der Waals surface area contributed by atoms with E-state index in [1.165, 1.54) is 6.07 Å². The van der Waals surface area contributed by atoms with Crippen LogP contribution < -0.4 is 4.90 Å². The lowest BCUT2D eigenvalue weighted by atomic mass is 10.1. The fraction of sp³-hybridized carbons (Fsp3) is 0.524. The zero-order valence-corrected chi connectivity index (χ0v) is 17.5. The van der Waals surface area contributed by atoms with Crippen LogP contribution in [0.15, 0.2) is 30.6 Å². The summed E-state index contributed by atoms with van der Waals surface area (Å²) in [5.41, 5.74) is 0.851. The molecule has 3 heterocycles. The zero-order valence-electron chi connectivity index (χ0n) is 17.5. The van der Waals surface area contributed by atoms with Crippen molar-refractivity contribution in [2.24, 2.45) is 7.05 Å². The first kappa shape index (κ1) is 20.5. The summed E-state index contributed by atoms with van der Waals surface area (Å²) >= 11 is 0. The number of hydrogen-bond acceptors (Lipinski definition) is 7. The molecule has 2 aliphatic heterocycles. The molecule has 160 valence electrons. The van der Waals surface area contributed by atoms with Crippen molar-refractivity contribution in [2.45, 2.75) is 19.4 Å². The van der Waals surface area contributed by atoms with Gasteiger partial charge in [0.15, 0.2) is 5.82 Å². The van der Waals surface area contributed by atoms with Gasteiger partial charge in [-0.2, -0.15) is 0 Å². The van der Waals surface area contributed by atoms with E-state index in [0.717, 1.165) is 52.2 Å². The van der Waals surface area contributed by atoms with Crippen molar-refractivity contribution in [3.05, 3.63) is 52.1 Å². The van der Waals surface area contributed by atoms with Crippen LogP contribution >= 0.6 is 0 Å². The van der Waals surface area contributed by atoms with Crippen LogP contribution in [-0.4, -0.2) is 81.9 Å². The molecule has 4 rings (SSSR count). The van der Waals surface area contributed by atoms with Crippen LogP contribution in [-0.2, 0) is 7.05 Å². The summed E-state index contributed by atoms with van der Waals surface area (Å²) in [7, 11) is 1.73. The minimum Gasteiger partial charge on any atom is -0.364 e. The first-order chi connectivity index (χ1) is 14.5. The Hall–Kier alpha value is -2.78. The second kappa shape index (κ2) is 8.53. The Morgan fingerprint density at radius 1 is 1.23 bits per heavy atom. The van der Waals surface area contributed by atoms with Crippen LogP contribution in [0.3, 0.4) is 0 Å². The van der Waals surface area contributed by atoms with Crippen LogP contribution in [0.1, 0.15) is 29.5 Å². The second-order valence-corrected chi connectivity index (χ2v) is 8.01. The van der Waals surface area contributed by atoms with Crippen LogP contribution in [0.2, 0.25) is 0 Å². The van der Waals surface area contributed by atoms with Crippen molar-refractivity contribution < 1.29 is 9.72 Å². The number of imidazole rings is 1. The Balaban J connectivity index is 1.51. The first-order valence-electron chi connectivity index (χ1n) is 10.5. The number of carbonyl (C=O) groups is 1. The number of nitro groups is 1. The Bertz CT molecular complexity index is 935. The molecule has 30 heavy (non-hydrogen) atoms. The topological polar surface area (TPSA) is 87.8 Å². The Kier molecular flexibility index (Phi) is 5.83. The Morgan fingerprint density at radius 3 is 2.63 bits per heavy atom. The number of anilines is 1. The van der Waals surface area contributed by atoms with Crippen molar-refractivity contribution in [3.8, 4) is 0 Å². The van der Waals surface area contributed by atoms with Gasteiger partial charge in [0.2, 0.25) is 5.78 Å². The SMILES string of the molecule is CCN1CCN(C2CCN(c3ccc(C(=O)c4nccn4C)cc3[N+](=O)[O-])C2)CC1. The van der Waals surface area contributed by atoms with Crippen LogP contribution in [0.25, 0.3) is 0 Å². The normalized spacial score (nSPS) is 20.6. The summed E-state index contributed by atoms with van der Waals surface area (Å²) in [6.07, 6.45) is 4.22. The number of carbonyl (C=O) groups excluding carboxylic acids is 1. The number of benzene rings is 1. The average molecular weight is 412 g/mol. The predicted molar refractivity (Wildman–Crippen MR) is 114 cm³/mol. The number of ketones is 1. The molecule has 0 saturated carbocycles. The van der Waals surface area contributed by atoms with E-state index in [0.29, 0.717) is 11.7 Å². The molecule has 1 aromatic heterocycles. The molecular formula is C21H28N6O3. The molecule has 9 nitrogen and oxygen atoms in total. The second-order valence-electron chi connectivity index (χ2n) is 8.01. The predicted octanol–water partition coefficient (Wildman–Crippen LogP) is 1.78. The van der Waals surface area contributed by atoms with E-state index in [2.05, 4.69) is 26.6 Å². The van der Waals surface area contributed by atoms with Gasteiger partial charge in [0, 0.05) is 76.4 Å². The maximum atomic E-state index is 12.7. The van der Waals surface area contributed by atoms with E-state index < -0.39 is 4.92 Å². The smallest absolute Gasteiger partial charge is 0.293 e. The van der Waals surface area contributed by atoms with Gasteiger partial charge in [0.1, 0.15) is 5.69 Å². The van der Waals surface area contributed by atoms with Crippen LogP contribution in [0, 0.1) is 10.1 Å². The highest BCUT2D eigenvalue weighted by Crippen LogP contribution is 2.33. The van der Waals surface area contributed by atoms with E-state index in [4.69, 9.17) is 0 Å². The zero-order chi connectivity index (χ0) is 21.3. The van der Waals surface area contributed by atoms with Gasteiger partial charge in [-0.3, -0.25) is 19.8 Å². The molecule has 9 heteroatoms. The summed E-state index contributed by atoms with van der Waals surface area (Å²) in [6, 6.07) is 5.19. The molecule has 0 radical (unpaired) electrons. The number of likely N-dealkylation sites (N-methyl/N-ethyl adjacent to an activating group) is 1. The molecule has 0 bridgehead atoms. The molecule has 1 aromatic carbocycles. The van der Waals surface area contributed by atoms with E-state index >= 15 is 0 Å². The fourth-order valence-corrected chi connectivity index (χ4v) is 4.50. The third-order valence-electron chi connectivity index (χ3n) is 6.33. The van der Waals surface area contributed by atoms with Gasteiger partial charge < -0.3 is 14.4 Å². The molecule has 2 aliphatic rings. The highest BCUT2D eigenvalue weighted by Gasteiger charge is 2.33. The van der Waals surface area contributed by atoms with Crippen molar-refractivity contribution in [1.29, 1.82) is 0 Å². The summed E-state index contributed by atoms with van der Waals surface area (Å²) in [5, 5.41) is 11.8. The standard InChI is InChI=1S/C21H28N6O3/c1-3-24-10-12-25(13-11-24)17-6-8-26(15-17)18-5-4-16(14-19(18)27(29)30)20(28)21-22-7-9-23(21)2/h4-5,7,9,14,17H,3,6,8,10-13,15H2,1-2H3. The number of hydrogen-bond donors (Lipinski definition) is 0. The summed E-state index contributed by atoms with van der Waals surface area (Å²) in [4.78, 5) is 35.2. The average Bonchev–Trinajstić information content (AvgIpc) is 3.42. The van der Waals surface area contributed by atoms with Crippen LogP contribution in [0.5, 0.6) is 0 Å². The van der Waals surface area contributed by atoms with Gasteiger partial charge in [-0.15, -0.1) is 0 Å². The lowest BCUT2D eigenvalue weighted by Crippen LogP contribution is -2.50. The minimum absolute atomic E-state index is 0.0217. The summed E-state index contributed by atoms with van der Waals surface area (Å²) in [5.74, 6) is -0.0465. The number of nitrogens with zero attached hydrogens (tertiary/aromatic N) is 6. The molecule has 0 N–H and O–H groups in total. The van der Waals surface area contributed by atoms with E-state index in [9.17, 15) is 14.9 Å². The van der Waals surface area contributed by atoms with Gasteiger partial charge in [-0.05, 0) is 25.1 Å². The number of aromatic nitrogens is 2. The van der Waals surface area contributed by atoms with E-state index in [1.54, 1.807) is 36.1 Å². The molecule has 2 aromatic rings. The Labute approximate surface area is 176 Å². The molecule has 1 atom stereocenters. The van der Waals surface area contributed by atoms with E-state index in [-0.39, 0.29) is 22.9 Å². The van der Waals surface area contributed by atoms with Gasteiger partial charge in [-0.1, -0.05) is 6.92 Å². The minimum atomic E-state index is -0.391. The number of nitro benzene ring substituents is 1. The highest BCUT2D eigenvalue weighted by molar-refractivity contribution is 6.07. The quantitative estimate of drug-likeness (QED) is 0.406. The van der Waals surface area contributed by atoms with Gasteiger partial charge in [0.05, 0.1) is 4.92 Å².